The van der Waals surface area contributed by atoms with Crippen LogP contribution in [0.2, 0.25) is 0 Å². The largest absolute Gasteiger partial charge is 0.465 e. The summed E-state index contributed by atoms with van der Waals surface area (Å²) in [5.41, 5.74) is 5.02. The van der Waals surface area contributed by atoms with E-state index in [4.69, 9.17) is 14.7 Å². The van der Waals surface area contributed by atoms with Crippen LogP contribution < -0.4 is 16.0 Å². The van der Waals surface area contributed by atoms with Crippen molar-refractivity contribution < 1.29 is 33.8 Å². The van der Waals surface area contributed by atoms with E-state index in [1.165, 1.54) is 7.11 Å². The molecule has 3 aliphatic rings. The first kappa shape index (κ1) is 41.8. The molecule has 0 bridgehead atoms. The van der Waals surface area contributed by atoms with E-state index >= 15 is 0 Å². The number of carboxylic acid groups (broad SMARTS) is 1. The van der Waals surface area contributed by atoms with Crippen molar-refractivity contribution in [2.24, 2.45) is 17.3 Å². The van der Waals surface area contributed by atoms with Crippen molar-refractivity contribution in [3.05, 3.63) is 72.6 Å². The number of ether oxygens (including phenoxy) is 1. The third-order valence-corrected chi connectivity index (χ3v) is 12.0. The minimum absolute atomic E-state index is 0.155. The molecule has 3 aliphatic heterocycles. The van der Waals surface area contributed by atoms with Crippen LogP contribution in [0.25, 0.3) is 33.6 Å². The lowest BCUT2D eigenvalue weighted by atomic mass is 9.78. The second kappa shape index (κ2) is 17.1. The van der Waals surface area contributed by atoms with Crippen LogP contribution in [-0.2, 0) is 14.3 Å². The van der Waals surface area contributed by atoms with Gasteiger partial charge in [-0.3, -0.25) is 9.59 Å². The van der Waals surface area contributed by atoms with E-state index in [0.29, 0.717) is 44.2 Å². The number of aromatic amines is 2. The Morgan fingerprint density at radius 1 is 0.750 bits per heavy atom. The first-order chi connectivity index (χ1) is 28.7. The van der Waals surface area contributed by atoms with Crippen LogP contribution in [0, 0.1) is 17.3 Å². The lowest BCUT2D eigenvalue weighted by Gasteiger charge is -2.47. The minimum Gasteiger partial charge on any atom is -0.465 e. The molecule has 2 aromatic heterocycles. The fourth-order valence-corrected chi connectivity index (χ4v) is 8.82. The van der Waals surface area contributed by atoms with Crippen molar-refractivity contribution in [3.63, 3.8) is 0 Å². The molecule has 4 atom stereocenters. The van der Waals surface area contributed by atoms with Crippen LogP contribution in [0.4, 0.5) is 14.4 Å². The number of hydrogen-bond acceptors (Lipinski definition) is 8. The lowest BCUT2D eigenvalue weighted by Crippen LogP contribution is -2.62. The number of carbonyl (C=O) groups is 5. The Bertz CT molecular complexity index is 2210. The van der Waals surface area contributed by atoms with Crippen LogP contribution in [0.3, 0.4) is 0 Å². The quantitative estimate of drug-likeness (QED) is 0.114. The van der Waals surface area contributed by atoms with Gasteiger partial charge in [0.15, 0.2) is 0 Å². The van der Waals surface area contributed by atoms with Crippen LogP contribution in [0.5, 0.6) is 0 Å². The molecule has 3 saturated heterocycles. The second-order valence-corrected chi connectivity index (χ2v) is 16.8. The van der Waals surface area contributed by atoms with Crippen molar-refractivity contribution >= 4 is 30.0 Å². The van der Waals surface area contributed by atoms with E-state index in [9.17, 15) is 29.1 Å². The van der Waals surface area contributed by atoms with Crippen LogP contribution in [-0.4, -0.2) is 122 Å². The zero-order valence-corrected chi connectivity index (χ0v) is 34.8. The smallest absolute Gasteiger partial charge is 0.407 e. The third kappa shape index (κ3) is 8.38. The van der Waals surface area contributed by atoms with Gasteiger partial charge in [0.25, 0.3) is 0 Å². The van der Waals surface area contributed by atoms with Crippen molar-refractivity contribution in [2.75, 3.05) is 40.3 Å². The number of amides is 6. The molecule has 0 aliphatic carbocycles. The summed E-state index contributed by atoms with van der Waals surface area (Å²) in [5.74, 6) is 0.448. The zero-order valence-electron chi connectivity index (χ0n) is 34.8. The van der Waals surface area contributed by atoms with Gasteiger partial charge in [-0.25, -0.2) is 24.4 Å². The number of nitrogens with one attached hydrogen (secondary N) is 5. The van der Waals surface area contributed by atoms with Crippen molar-refractivity contribution in [1.82, 2.24) is 50.6 Å². The monoisotopic (exact) mass is 822 g/mol. The maximum absolute atomic E-state index is 14.1. The highest BCUT2D eigenvalue weighted by molar-refractivity contribution is 5.87. The molecule has 0 radical (unpaired) electrons. The highest BCUT2D eigenvalue weighted by Crippen LogP contribution is 2.48. The summed E-state index contributed by atoms with van der Waals surface area (Å²) < 4.78 is 4.82. The molecule has 17 nitrogen and oxygen atoms in total. The number of carbonyl (C=O) groups excluding carboxylic acids is 4. The minimum atomic E-state index is -1.22. The molecule has 17 heteroatoms. The number of alkyl carbamates (subject to hydrolysis) is 1. The van der Waals surface area contributed by atoms with E-state index in [1.54, 1.807) is 21.7 Å². The summed E-state index contributed by atoms with van der Waals surface area (Å²) in [6.45, 7) is 9.38. The van der Waals surface area contributed by atoms with Gasteiger partial charge in [0.1, 0.15) is 23.7 Å². The number of hydrogen-bond donors (Lipinski definition) is 6. The number of benzene rings is 2. The number of urea groups is 1. The van der Waals surface area contributed by atoms with E-state index in [1.807, 2.05) is 88.6 Å². The van der Waals surface area contributed by atoms with Gasteiger partial charge in [0, 0.05) is 62.2 Å². The number of nitrogens with zero attached hydrogens (tertiary/aromatic N) is 5. The molecular formula is C43H54N10O7. The standard InChI is InChI=1S/C43H54N10O7/c1-24(2)34(49-41(57)58)38(54)52-17-7-8-32(52)36-45-19-30(47-36)28-13-9-26(10-14-28)27-11-15-29(16-12-27)31-20-46-37(48-31)33-18-43(21-51(22-43)40(56)44-5)23-53(33)39(55)35(25(3)4)50-42(59)60-6/h9-16,19-20,24-25,32-35,49H,7-8,17-18,21-23H2,1-6H3,(H,44,56)(H,45,47)(H,46,48)(H,50,59)(H,57,58)/t32-,33?,34-,35-/m0/s1. The molecule has 6 N–H and O–H groups in total. The summed E-state index contributed by atoms with van der Waals surface area (Å²) >= 11 is 0. The summed E-state index contributed by atoms with van der Waals surface area (Å²) in [6.07, 6.45) is 3.93. The summed E-state index contributed by atoms with van der Waals surface area (Å²) in [6, 6.07) is 13.7. The predicted octanol–water partition coefficient (Wildman–Crippen LogP) is 5.38. The average molecular weight is 823 g/mol. The number of imidazole rings is 2. The maximum Gasteiger partial charge on any atom is 0.407 e. The molecule has 4 aromatic rings. The molecule has 1 spiro atoms. The van der Waals surface area contributed by atoms with E-state index in [2.05, 4.69) is 25.9 Å². The zero-order chi connectivity index (χ0) is 42.9. The molecule has 7 rings (SSSR count). The fourth-order valence-electron chi connectivity index (χ4n) is 8.82. The van der Waals surface area contributed by atoms with Crippen LogP contribution >= 0.6 is 0 Å². The predicted molar refractivity (Wildman–Crippen MR) is 222 cm³/mol. The summed E-state index contributed by atoms with van der Waals surface area (Å²) in [4.78, 5) is 85.1. The van der Waals surface area contributed by atoms with Crippen LogP contribution in [0.15, 0.2) is 60.9 Å². The summed E-state index contributed by atoms with van der Waals surface area (Å²) in [5, 5.41) is 17.1. The van der Waals surface area contributed by atoms with Gasteiger partial charge in [0.2, 0.25) is 11.8 Å². The van der Waals surface area contributed by atoms with E-state index in [-0.39, 0.29) is 47.2 Å². The van der Waals surface area contributed by atoms with Crippen molar-refractivity contribution in [1.29, 1.82) is 0 Å². The highest BCUT2D eigenvalue weighted by atomic mass is 16.5. The number of rotatable bonds is 11. The van der Waals surface area contributed by atoms with Gasteiger partial charge in [-0.1, -0.05) is 76.2 Å². The SMILES string of the molecule is CNC(=O)N1CC2(CC(c3nc(-c4ccc(-c5ccc(-c6c[nH]c([C@@H]7CCCN7C(=O)[C@@H](NC(=O)O)C(C)C)n6)cc5)cc4)c[nH]3)N(C(=O)[C@@H](NC(=O)OC)C(C)C)C2)C1. The van der Waals surface area contributed by atoms with Gasteiger partial charge in [-0.15, -0.1) is 0 Å². The van der Waals surface area contributed by atoms with Gasteiger partial charge < -0.3 is 50.5 Å². The number of methoxy groups -OCH3 is 1. The number of likely N-dealkylation sites (tertiary alicyclic amines) is 3. The van der Waals surface area contributed by atoms with Crippen molar-refractivity contribution in [2.45, 2.75) is 71.1 Å². The second-order valence-electron chi connectivity index (χ2n) is 16.8. The normalized spacial score (nSPS) is 19.3. The van der Waals surface area contributed by atoms with E-state index in [0.717, 1.165) is 46.5 Å². The Kier molecular flexibility index (Phi) is 11.9. The molecule has 5 heterocycles. The maximum atomic E-state index is 14.1. The Hall–Kier alpha value is -6.39. The Morgan fingerprint density at radius 2 is 1.25 bits per heavy atom. The van der Waals surface area contributed by atoms with Gasteiger partial charge >= 0.3 is 18.2 Å². The van der Waals surface area contributed by atoms with Crippen molar-refractivity contribution in [3.8, 4) is 33.6 Å². The Morgan fingerprint density at radius 3 is 1.75 bits per heavy atom. The van der Waals surface area contributed by atoms with Gasteiger partial charge in [-0.05, 0) is 42.2 Å². The molecular weight excluding hydrogens is 769 g/mol. The van der Waals surface area contributed by atoms with Gasteiger partial charge in [-0.2, -0.15) is 0 Å². The third-order valence-electron chi connectivity index (χ3n) is 12.0. The first-order valence-corrected chi connectivity index (χ1v) is 20.4. The Balaban J connectivity index is 1.04. The first-order valence-electron chi connectivity index (χ1n) is 20.4. The average Bonchev–Trinajstić information content (AvgIpc) is 4.06. The van der Waals surface area contributed by atoms with Crippen LogP contribution in [0.1, 0.15) is 70.7 Å². The summed E-state index contributed by atoms with van der Waals surface area (Å²) in [7, 11) is 2.87. The molecule has 60 heavy (non-hydrogen) atoms. The highest BCUT2D eigenvalue weighted by Gasteiger charge is 2.55. The molecule has 318 valence electrons. The Labute approximate surface area is 348 Å². The molecule has 2 aromatic carbocycles. The molecule has 0 saturated carbocycles. The van der Waals surface area contributed by atoms with Gasteiger partial charge in [0.05, 0.1) is 30.6 Å². The lowest BCUT2D eigenvalue weighted by molar-refractivity contribution is -0.136. The number of aromatic nitrogens is 4. The molecule has 6 amide bonds. The van der Waals surface area contributed by atoms with E-state index < -0.39 is 24.3 Å². The molecule has 1 unspecified atom stereocenters. The fraction of sp³-hybridized carbons (Fsp3) is 0.465. The molecule has 3 fully saturated rings. The topological polar surface area (TPSA) is 218 Å². The number of H-pyrrole nitrogens is 2.